The third kappa shape index (κ3) is 3.49. The Balaban J connectivity index is 1.65. The Morgan fingerprint density at radius 1 is 1.27 bits per heavy atom. The predicted molar refractivity (Wildman–Crippen MR) is 117 cm³/mol. The lowest BCUT2D eigenvalue weighted by atomic mass is 9.74. The van der Waals surface area contributed by atoms with E-state index >= 15 is 0 Å². The maximum atomic E-state index is 10.3. The monoisotopic (exact) mass is 432 g/mol. The number of nitrogens with zero attached hydrogens (tertiary/aromatic N) is 3. The van der Waals surface area contributed by atoms with Crippen molar-refractivity contribution in [3.8, 4) is 22.8 Å². The zero-order chi connectivity index (χ0) is 21.5. The molecule has 4 rings (SSSR count). The van der Waals surface area contributed by atoms with E-state index in [4.69, 9.17) is 27.1 Å². The molecule has 2 aromatic rings. The molecule has 1 atom stereocenters. The van der Waals surface area contributed by atoms with Gasteiger partial charge in [-0.15, -0.1) is 0 Å². The van der Waals surface area contributed by atoms with E-state index in [1.807, 2.05) is 6.92 Å². The maximum Gasteiger partial charge on any atom is 0.177 e. The molecule has 30 heavy (non-hydrogen) atoms. The number of hydrogen-bond acceptors (Lipinski definition) is 7. The molecule has 1 aromatic carbocycles. The molecule has 0 bridgehead atoms. The smallest absolute Gasteiger partial charge is 0.177 e. The van der Waals surface area contributed by atoms with E-state index in [0.29, 0.717) is 34.2 Å². The number of aliphatic hydroxyl groups is 1. The first-order valence-electron chi connectivity index (χ1n) is 10.4. The molecule has 1 aromatic heterocycles. The third-order valence-electron chi connectivity index (χ3n) is 6.86. The van der Waals surface area contributed by atoms with Gasteiger partial charge in [0, 0.05) is 24.7 Å². The molecule has 1 aliphatic heterocycles. The lowest BCUT2D eigenvalue weighted by Crippen LogP contribution is -2.47. The number of piperidine rings is 1. The van der Waals surface area contributed by atoms with Gasteiger partial charge in [-0.2, -0.15) is 0 Å². The van der Waals surface area contributed by atoms with Crippen molar-refractivity contribution < 1.29 is 14.9 Å². The van der Waals surface area contributed by atoms with E-state index in [2.05, 4.69) is 9.88 Å². The summed E-state index contributed by atoms with van der Waals surface area (Å²) in [5.41, 5.74) is 8.95. The number of hydrogen-bond donors (Lipinski definition) is 3. The van der Waals surface area contributed by atoms with E-state index in [1.54, 1.807) is 12.1 Å². The first kappa shape index (κ1) is 21.2. The summed E-state index contributed by atoms with van der Waals surface area (Å²) in [7, 11) is 1.47. The second-order valence-corrected chi connectivity index (χ2v) is 8.79. The van der Waals surface area contributed by atoms with Gasteiger partial charge in [0.25, 0.3) is 0 Å². The molecule has 8 heteroatoms. The summed E-state index contributed by atoms with van der Waals surface area (Å²) in [6.45, 7) is 3.36. The number of phenols is 1. The summed E-state index contributed by atoms with van der Waals surface area (Å²) in [6.07, 6.45) is 5.62. The van der Waals surface area contributed by atoms with Crippen molar-refractivity contribution in [3.05, 3.63) is 28.5 Å². The van der Waals surface area contributed by atoms with Gasteiger partial charge >= 0.3 is 0 Å². The number of phenolic OH excluding ortho intramolecular Hbond substituents is 1. The predicted octanol–water partition coefficient (Wildman–Crippen LogP) is 3.41. The summed E-state index contributed by atoms with van der Waals surface area (Å²) >= 11 is 6.37. The Morgan fingerprint density at radius 3 is 2.60 bits per heavy atom. The first-order chi connectivity index (χ1) is 14.4. The second kappa shape index (κ2) is 8.21. The van der Waals surface area contributed by atoms with Gasteiger partial charge in [0.15, 0.2) is 17.3 Å². The zero-order valence-corrected chi connectivity index (χ0v) is 18.2. The SMILES string of the molecule is COc1ccc(-c2nc(CO)c(N3CCC4(CCC[C@H]4N)CC3)nc2C)c(Cl)c1O. The van der Waals surface area contributed by atoms with Gasteiger partial charge in [-0.05, 0) is 50.2 Å². The van der Waals surface area contributed by atoms with Crippen LogP contribution in [0.1, 0.15) is 43.5 Å². The van der Waals surface area contributed by atoms with E-state index in [1.165, 1.54) is 20.0 Å². The van der Waals surface area contributed by atoms with Crippen LogP contribution >= 0.6 is 11.6 Å². The van der Waals surface area contributed by atoms with Crippen LogP contribution in [0.5, 0.6) is 11.5 Å². The van der Waals surface area contributed by atoms with Gasteiger partial charge in [0.05, 0.1) is 30.1 Å². The van der Waals surface area contributed by atoms with Gasteiger partial charge in [-0.1, -0.05) is 18.0 Å². The third-order valence-corrected chi connectivity index (χ3v) is 7.24. The van der Waals surface area contributed by atoms with E-state index in [0.717, 1.165) is 32.4 Å². The van der Waals surface area contributed by atoms with Gasteiger partial charge in [0.2, 0.25) is 0 Å². The van der Waals surface area contributed by atoms with Crippen molar-refractivity contribution in [3.63, 3.8) is 0 Å². The molecule has 0 amide bonds. The van der Waals surface area contributed by atoms with Gasteiger partial charge < -0.3 is 25.6 Å². The summed E-state index contributed by atoms with van der Waals surface area (Å²) in [5.74, 6) is 0.872. The fraction of sp³-hybridized carbons (Fsp3) is 0.545. The number of aromatic nitrogens is 2. The standard InChI is InChI=1S/C22H29ClN4O3/c1-13-19(14-5-6-16(30-2)20(29)18(14)23)26-15(12-28)21(25-13)27-10-8-22(9-11-27)7-3-4-17(22)24/h5-6,17,28-29H,3-4,7-12,24H2,1-2H3/t17-/m1/s1. The largest absolute Gasteiger partial charge is 0.503 e. The fourth-order valence-corrected chi connectivity index (χ4v) is 5.25. The number of anilines is 1. The number of benzene rings is 1. The molecule has 0 unspecified atom stereocenters. The number of ether oxygens (including phenoxy) is 1. The normalized spacial score (nSPS) is 20.7. The highest BCUT2D eigenvalue weighted by atomic mass is 35.5. The van der Waals surface area contributed by atoms with E-state index in [9.17, 15) is 10.2 Å². The number of halogens is 1. The second-order valence-electron chi connectivity index (χ2n) is 8.41. The van der Waals surface area contributed by atoms with Crippen molar-refractivity contribution in [1.29, 1.82) is 0 Å². The van der Waals surface area contributed by atoms with Gasteiger partial charge in [-0.25, -0.2) is 9.97 Å². The van der Waals surface area contributed by atoms with Crippen LogP contribution in [0.2, 0.25) is 5.02 Å². The first-order valence-corrected chi connectivity index (χ1v) is 10.8. The highest BCUT2D eigenvalue weighted by molar-refractivity contribution is 6.35. The van der Waals surface area contributed by atoms with Crippen LogP contribution in [0.25, 0.3) is 11.3 Å². The Hall–Kier alpha value is -2.09. The fourth-order valence-electron chi connectivity index (χ4n) is 5.00. The van der Waals surface area contributed by atoms with Crippen molar-refractivity contribution >= 4 is 17.4 Å². The summed E-state index contributed by atoms with van der Waals surface area (Å²) in [4.78, 5) is 11.7. The zero-order valence-electron chi connectivity index (χ0n) is 17.5. The maximum absolute atomic E-state index is 10.3. The molecule has 162 valence electrons. The Morgan fingerprint density at radius 2 is 2.00 bits per heavy atom. The number of methoxy groups -OCH3 is 1. The van der Waals surface area contributed by atoms with Crippen LogP contribution in [0, 0.1) is 12.3 Å². The van der Waals surface area contributed by atoms with Gasteiger partial charge in [-0.3, -0.25) is 0 Å². The number of nitrogens with two attached hydrogens (primary N) is 1. The molecule has 1 saturated carbocycles. The van der Waals surface area contributed by atoms with Crippen LogP contribution < -0.4 is 15.4 Å². The Labute approximate surface area is 181 Å². The minimum absolute atomic E-state index is 0.137. The average molecular weight is 433 g/mol. The number of aryl methyl sites for hydroxylation is 1. The molecule has 2 aliphatic rings. The van der Waals surface area contributed by atoms with Crippen molar-refractivity contribution in [2.75, 3.05) is 25.1 Å². The molecular formula is C22H29ClN4O3. The molecule has 2 heterocycles. The molecule has 1 spiro atoms. The highest BCUT2D eigenvalue weighted by Crippen LogP contribution is 2.46. The average Bonchev–Trinajstić information content (AvgIpc) is 3.10. The van der Waals surface area contributed by atoms with Crippen molar-refractivity contribution in [2.45, 2.75) is 51.7 Å². The number of aromatic hydroxyl groups is 1. The van der Waals surface area contributed by atoms with Gasteiger partial charge in [0.1, 0.15) is 5.69 Å². The quantitative estimate of drug-likeness (QED) is 0.679. The number of rotatable bonds is 4. The lowest BCUT2D eigenvalue weighted by molar-refractivity contribution is 0.196. The molecule has 7 nitrogen and oxygen atoms in total. The molecule has 1 saturated heterocycles. The van der Waals surface area contributed by atoms with Crippen LogP contribution in [0.4, 0.5) is 5.82 Å². The van der Waals surface area contributed by atoms with E-state index < -0.39 is 0 Å². The minimum atomic E-state index is -0.226. The molecule has 4 N–H and O–H groups in total. The molecule has 0 radical (unpaired) electrons. The van der Waals surface area contributed by atoms with Crippen LogP contribution in [-0.4, -0.2) is 46.4 Å². The van der Waals surface area contributed by atoms with Crippen LogP contribution in [0.15, 0.2) is 12.1 Å². The summed E-state index contributed by atoms with van der Waals surface area (Å²) < 4.78 is 5.11. The summed E-state index contributed by atoms with van der Waals surface area (Å²) in [6, 6.07) is 3.67. The van der Waals surface area contributed by atoms with Crippen LogP contribution in [0.3, 0.4) is 0 Å². The lowest BCUT2D eigenvalue weighted by Gasteiger charge is -2.42. The highest BCUT2D eigenvalue weighted by Gasteiger charge is 2.43. The van der Waals surface area contributed by atoms with Crippen molar-refractivity contribution in [1.82, 2.24) is 9.97 Å². The molecule has 2 fully saturated rings. The molecular weight excluding hydrogens is 404 g/mol. The molecule has 1 aliphatic carbocycles. The number of aliphatic hydroxyl groups excluding tert-OH is 1. The van der Waals surface area contributed by atoms with E-state index in [-0.39, 0.29) is 28.8 Å². The Kier molecular flexibility index (Phi) is 5.79. The topological polar surface area (TPSA) is 105 Å². The summed E-state index contributed by atoms with van der Waals surface area (Å²) in [5, 5.41) is 20.4. The van der Waals surface area contributed by atoms with Crippen molar-refractivity contribution in [2.24, 2.45) is 11.1 Å². The van der Waals surface area contributed by atoms with Crippen LogP contribution in [-0.2, 0) is 6.61 Å². The Bertz CT molecular complexity index is 944. The minimum Gasteiger partial charge on any atom is -0.503 e.